The van der Waals surface area contributed by atoms with Gasteiger partial charge < -0.3 is 10.2 Å². The molecule has 3 aliphatic rings. The zero-order valence-electron chi connectivity index (χ0n) is 18.4. The minimum absolute atomic E-state index is 0.0469. The number of benzene rings is 1. The number of anilines is 2. The highest BCUT2D eigenvalue weighted by Gasteiger charge is 2.50. The van der Waals surface area contributed by atoms with Crippen LogP contribution in [0.1, 0.15) is 31.2 Å². The van der Waals surface area contributed by atoms with Gasteiger partial charge in [0.1, 0.15) is 0 Å². The number of rotatable bonds is 4. The molecular weight excluding hydrogens is 414 g/mol. The van der Waals surface area contributed by atoms with Crippen molar-refractivity contribution in [1.29, 1.82) is 0 Å². The van der Waals surface area contributed by atoms with E-state index in [0.29, 0.717) is 12.2 Å². The second-order valence-corrected chi connectivity index (χ2v) is 9.54. The Hall–Kier alpha value is -2.81. The molecular formula is C23H28F2N6O. The summed E-state index contributed by atoms with van der Waals surface area (Å²) in [4.78, 5) is 26.7. The molecule has 9 heteroatoms. The van der Waals surface area contributed by atoms with Crippen LogP contribution in [0.2, 0.25) is 0 Å². The molecule has 0 atom stereocenters. The Balaban J connectivity index is 1.29. The lowest BCUT2D eigenvalue weighted by Gasteiger charge is -2.48. The molecule has 2 saturated heterocycles. The summed E-state index contributed by atoms with van der Waals surface area (Å²) in [6, 6.07) is 10.4. The van der Waals surface area contributed by atoms with Crippen molar-refractivity contribution in [2.75, 3.05) is 43.5 Å². The van der Waals surface area contributed by atoms with E-state index in [0.717, 1.165) is 25.7 Å². The molecule has 1 aliphatic carbocycles. The Kier molecular flexibility index (Phi) is 4.85. The molecule has 170 valence electrons. The minimum atomic E-state index is -2.67. The topological polar surface area (TPSA) is 64.6 Å². The zero-order chi connectivity index (χ0) is 22.6. The Labute approximate surface area is 186 Å². The molecule has 5 rings (SSSR count). The van der Waals surface area contributed by atoms with E-state index in [2.05, 4.69) is 58.5 Å². The normalized spacial score (nSPS) is 29.3. The van der Waals surface area contributed by atoms with E-state index in [4.69, 9.17) is 0 Å². The summed E-state index contributed by atoms with van der Waals surface area (Å²) in [5.74, 6) is -2.41. The van der Waals surface area contributed by atoms with Crippen molar-refractivity contribution in [3.63, 3.8) is 0 Å². The van der Waals surface area contributed by atoms with E-state index in [-0.39, 0.29) is 36.1 Å². The molecule has 0 radical (unpaired) electrons. The number of aromatic nitrogens is 2. The van der Waals surface area contributed by atoms with Crippen LogP contribution in [0.25, 0.3) is 0 Å². The van der Waals surface area contributed by atoms with Crippen LogP contribution in [0, 0.1) is 0 Å². The summed E-state index contributed by atoms with van der Waals surface area (Å²) in [7, 11) is 4.24. The highest BCUT2D eigenvalue weighted by molar-refractivity contribution is 5.95. The maximum absolute atomic E-state index is 13.1. The van der Waals surface area contributed by atoms with Crippen molar-refractivity contribution in [1.82, 2.24) is 20.2 Å². The van der Waals surface area contributed by atoms with Gasteiger partial charge in [0.15, 0.2) is 0 Å². The summed E-state index contributed by atoms with van der Waals surface area (Å²) >= 11 is 0. The number of hydrogen-bond donors (Lipinski definition) is 1. The molecule has 3 fully saturated rings. The van der Waals surface area contributed by atoms with Crippen LogP contribution in [-0.4, -0.2) is 66.1 Å². The summed E-state index contributed by atoms with van der Waals surface area (Å²) < 4.78 is 26.2. The van der Waals surface area contributed by atoms with Gasteiger partial charge in [-0.25, -0.2) is 23.5 Å². The number of nitrogens with one attached hydrogen (secondary N) is 1. The summed E-state index contributed by atoms with van der Waals surface area (Å²) in [6.45, 7) is -0.183. The molecule has 1 aromatic carbocycles. The van der Waals surface area contributed by atoms with Gasteiger partial charge in [0.25, 0.3) is 5.92 Å². The standard InChI is InChI=1S/C23H28F2N6O/c1-29(2)22(17-6-4-3-5-7-17)10-8-21(9-11-22)14-31(20(32)28-21)18-12-26-19(27-13-18)30-15-23(24,25)16-30/h3-7,12-13H,8-11,14-16H2,1-2H3,(H,28,32)/t21-,22-. The van der Waals surface area contributed by atoms with Crippen LogP contribution in [0.15, 0.2) is 42.7 Å². The maximum atomic E-state index is 13.1. The molecule has 2 amide bonds. The predicted molar refractivity (Wildman–Crippen MR) is 118 cm³/mol. The van der Waals surface area contributed by atoms with Crippen LogP contribution >= 0.6 is 0 Å². The molecule has 2 aromatic rings. The Morgan fingerprint density at radius 3 is 2.16 bits per heavy atom. The van der Waals surface area contributed by atoms with Gasteiger partial charge >= 0.3 is 6.03 Å². The molecule has 1 saturated carbocycles. The largest absolute Gasteiger partial charge is 0.330 e. The number of alkyl halides is 2. The molecule has 3 heterocycles. The quantitative estimate of drug-likeness (QED) is 0.788. The highest BCUT2D eigenvalue weighted by Crippen LogP contribution is 2.46. The SMILES string of the molecule is CN(C)[C@]1(c2ccccc2)CC[C@@]2(CC1)CN(c1cnc(N3CC(F)(F)C3)nc1)C(=O)N2. The lowest BCUT2D eigenvalue weighted by molar-refractivity contribution is -0.0271. The number of carbonyl (C=O) groups is 1. The monoisotopic (exact) mass is 442 g/mol. The molecule has 1 spiro atoms. The van der Waals surface area contributed by atoms with Crippen molar-refractivity contribution in [3.8, 4) is 0 Å². The van der Waals surface area contributed by atoms with Crippen LogP contribution in [-0.2, 0) is 5.54 Å². The van der Waals surface area contributed by atoms with Gasteiger partial charge in [-0.2, -0.15) is 0 Å². The van der Waals surface area contributed by atoms with Gasteiger partial charge in [0.05, 0.1) is 43.3 Å². The number of hydrogen-bond acceptors (Lipinski definition) is 5. The van der Waals surface area contributed by atoms with Gasteiger partial charge in [0.2, 0.25) is 5.95 Å². The second kappa shape index (κ2) is 7.37. The Morgan fingerprint density at radius 1 is 0.969 bits per heavy atom. The van der Waals surface area contributed by atoms with E-state index in [9.17, 15) is 13.6 Å². The van der Waals surface area contributed by atoms with E-state index < -0.39 is 5.92 Å². The lowest BCUT2D eigenvalue weighted by atomic mass is 9.69. The summed E-state index contributed by atoms with van der Waals surface area (Å²) in [5, 5.41) is 3.22. The van der Waals surface area contributed by atoms with Gasteiger partial charge in [0, 0.05) is 5.54 Å². The second-order valence-electron chi connectivity index (χ2n) is 9.54. The van der Waals surface area contributed by atoms with Crippen molar-refractivity contribution in [2.24, 2.45) is 0 Å². The van der Waals surface area contributed by atoms with Crippen molar-refractivity contribution < 1.29 is 13.6 Å². The molecule has 7 nitrogen and oxygen atoms in total. The van der Waals surface area contributed by atoms with Crippen molar-refractivity contribution in [2.45, 2.75) is 42.7 Å². The molecule has 0 unspecified atom stereocenters. The Bertz CT molecular complexity index is 981. The number of carbonyl (C=O) groups excluding carboxylic acids is 1. The highest BCUT2D eigenvalue weighted by atomic mass is 19.3. The number of urea groups is 1. The smallest absolute Gasteiger partial charge is 0.322 e. The molecule has 1 N–H and O–H groups in total. The first kappa shape index (κ1) is 21.1. The van der Waals surface area contributed by atoms with Gasteiger partial charge in [-0.05, 0) is 45.3 Å². The first-order valence-corrected chi connectivity index (χ1v) is 11.0. The third kappa shape index (κ3) is 3.48. The fraction of sp³-hybridized carbons (Fsp3) is 0.522. The number of amides is 2. The summed E-state index contributed by atoms with van der Waals surface area (Å²) in [6.07, 6.45) is 6.71. The first-order chi connectivity index (χ1) is 15.2. The van der Waals surface area contributed by atoms with Crippen molar-refractivity contribution in [3.05, 3.63) is 48.3 Å². The predicted octanol–water partition coefficient (Wildman–Crippen LogP) is 3.23. The first-order valence-electron chi connectivity index (χ1n) is 11.0. The fourth-order valence-corrected chi connectivity index (χ4v) is 5.36. The van der Waals surface area contributed by atoms with Gasteiger partial charge in [-0.3, -0.25) is 9.80 Å². The van der Waals surface area contributed by atoms with Gasteiger partial charge in [-0.15, -0.1) is 0 Å². The van der Waals surface area contributed by atoms with E-state index >= 15 is 0 Å². The lowest BCUT2D eigenvalue weighted by Crippen LogP contribution is -2.57. The maximum Gasteiger partial charge on any atom is 0.322 e. The van der Waals surface area contributed by atoms with E-state index in [1.807, 2.05) is 6.07 Å². The zero-order valence-corrected chi connectivity index (χ0v) is 18.4. The van der Waals surface area contributed by atoms with Crippen LogP contribution in [0.5, 0.6) is 0 Å². The van der Waals surface area contributed by atoms with Crippen LogP contribution in [0.4, 0.5) is 25.2 Å². The fourth-order valence-electron chi connectivity index (χ4n) is 5.36. The molecule has 2 aliphatic heterocycles. The third-order valence-electron chi connectivity index (χ3n) is 7.34. The Morgan fingerprint density at radius 2 is 1.59 bits per heavy atom. The van der Waals surface area contributed by atoms with E-state index in [1.54, 1.807) is 17.3 Å². The third-order valence-corrected chi connectivity index (χ3v) is 7.34. The average molecular weight is 443 g/mol. The van der Waals surface area contributed by atoms with Crippen molar-refractivity contribution >= 4 is 17.7 Å². The van der Waals surface area contributed by atoms with Crippen LogP contribution < -0.4 is 15.1 Å². The molecule has 1 aromatic heterocycles. The molecule has 0 bridgehead atoms. The number of halogens is 2. The summed E-state index contributed by atoms with van der Waals surface area (Å²) in [5.41, 5.74) is 1.56. The van der Waals surface area contributed by atoms with Crippen LogP contribution in [0.3, 0.4) is 0 Å². The van der Waals surface area contributed by atoms with Gasteiger partial charge in [-0.1, -0.05) is 30.3 Å². The average Bonchev–Trinajstić information content (AvgIpc) is 3.09. The van der Waals surface area contributed by atoms with E-state index in [1.165, 1.54) is 10.5 Å². The molecule has 32 heavy (non-hydrogen) atoms. The minimum Gasteiger partial charge on any atom is -0.330 e. The number of nitrogens with zero attached hydrogens (tertiary/aromatic N) is 5.